The van der Waals surface area contributed by atoms with Gasteiger partial charge in [-0.05, 0) is 43.0 Å². The summed E-state index contributed by atoms with van der Waals surface area (Å²) in [6, 6.07) is 9.47. The lowest BCUT2D eigenvalue weighted by atomic mass is 9.62. The van der Waals surface area contributed by atoms with E-state index in [4.69, 9.17) is 5.73 Å². The summed E-state index contributed by atoms with van der Waals surface area (Å²) in [4.78, 5) is 0. The molecule has 0 spiro atoms. The molecule has 1 aliphatic rings. The first-order valence-electron chi connectivity index (χ1n) is 7.41. The van der Waals surface area contributed by atoms with Crippen LogP contribution in [0.25, 0.3) is 0 Å². The van der Waals surface area contributed by atoms with Crippen molar-refractivity contribution < 1.29 is 0 Å². The van der Waals surface area contributed by atoms with Gasteiger partial charge in [-0.2, -0.15) is 0 Å². The van der Waals surface area contributed by atoms with Gasteiger partial charge >= 0.3 is 0 Å². The van der Waals surface area contributed by atoms with Crippen LogP contribution in [0.4, 0.5) is 0 Å². The summed E-state index contributed by atoms with van der Waals surface area (Å²) in [6.45, 7) is 7.54. The molecule has 2 rings (SSSR count). The Balaban J connectivity index is 2.25. The Labute approximate surface area is 117 Å². The van der Waals surface area contributed by atoms with E-state index in [-0.39, 0.29) is 10.8 Å². The average Bonchev–Trinajstić information content (AvgIpc) is 2.33. The molecular weight excluding hydrogens is 232 g/mol. The average molecular weight is 260 g/mol. The molecule has 1 unspecified atom stereocenters. The zero-order chi connectivity index (χ0) is 14.1. The van der Waals surface area contributed by atoms with Crippen LogP contribution in [0.1, 0.15) is 57.2 Å². The zero-order valence-electron chi connectivity index (χ0n) is 12.8. The lowest BCUT2D eigenvalue weighted by molar-refractivity contribution is 0.0879. The van der Waals surface area contributed by atoms with Crippen molar-refractivity contribution in [1.29, 1.82) is 0 Å². The molecule has 0 aromatic heterocycles. The fraction of sp³-hybridized carbons (Fsp3) is 0.647. The summed E-state index contributed by atoms with van der Waals surface area (Å²) >= 11 is 0. The number of nitrogens with two attached hydrogens (primary N) is 1. The zero-order valence-corrected chi connectivity index (χ0v) is 12.8. The van der Waals surface area contributed by atoms with E-state index >= 15 is 0 Å². The molecule has 1 fully saturated rings. The van der Waals surface area contributed by atoms with E-state index in [1.807, 2.05) is 0 Å². The lowest BCUT2D eigenvalue weighted by Gasteiger charge is -2.47. The monoisotopic (exact) mass is 260 g/mol. The Morgan fingerprint density at radius 1 is 1.21 bits per heavy atom. The van der Waals surface area contributed by atoms with E-state index in [1.165, 1.54) is 30.4 Å². The first-order valence-corrected chi connectivity index (χ1v) is 7.41. The topological polar surface area (TPSA) is 38.0 Å². The highest BCUT2D eigenvalue weighted by Crippen LogP contribution is 2.49. The second-order valence-electron chi connectivity index (χ2n) is 7.01. The molecule has 2 nitrogen and oxygen atoms in total. The van der Waals surface area contributed by atoms with Crippen LogP contribution in [-0.4, -0.2) is 13.6 Å². The molecule has 1 saturated carbocycles. The minimum atomic E-state index is 0.218. The van der Waals surface area contributed by atoms with E-state index in [0.29, 0.717) is 6.04 Å². The molecular formula is C17H28N2. The van der Waals surface area contributed by atoms with E-state index < -0.39 is 0 Å². The maximum Gasteiger partial charge on any atom is 0.0386 e. The van der Waals surface area contributed by atoms with Gasteiger partial charge in [-0.25, -0.2) is 0 Å². The summed E-state index contributed by atoms with van der Waals surface area (Å²) < 4.78 is 0. The van der Waals surface area contributed by atoms with Crippen molar-refractivity contribution in [3.8, 4) is 0 Å². The SMILES string of the molecule is CNC(c1ccc(C(C)(C)C)cc1)C1(CN)CCC1. The van der Waals surface area contributed by atoms with Gasteiger partial charge in [-0.3, -0.25) is 0 Å². The second kappa shape index (κ2) is 5.26. The Kier molecular flexibility index (Phi) is 4.03. The van der Waals surface area contributed by atoms with Gasteiger partial charge in [0.05, 0.1) is 0 Å². The van der Waals surface area contributed by atoms with E-state index in [2.05, 4.69) is 57.4 Å². The van der Waals surface area contributed by atoms with Crippen LogP contribution < -0.4 is 11.1 Å². The van der Waals surface area contributed by atoms with Gasteiger partial charge in [0.25, 0.3) is 0 Å². The Hall–Kier alpha value is -0.860. The molecule has 1 aliphatic carbocycles. The van der Waals surface area contributed by atoms with Gasteiger partial charge in [0, 0.05) is 11.5 Å². The van der Waals surface area contributed by atoms with Gasteiger partial charge < -0.3 is 11.1 Å². The third-order valence-corrected chi connectivity index (χ3v) is 4.77. The largest absolute Gasteiger partial charge is 0.330 e. The molecule has 0 aliphatic heterocycles. The number of hydrogen-bond acceptors (Lipinski definition) is 2. The molecule has 106 valence electrons. The van der Waals surface area contributed by atoms with Crippen molar-refractivity contribution >= 4 is 0 Å². The second-order valence-corrected chi connectivity index (χ2v) is 7.01. The smallest absolute Gasteiger partial charge is 0.0386 e. The van der Waals surface area contributed by atoms with Crippen LogP contribution in [0.15, 0.2) is 24.3 Å². The van der Waals surface area contributed by atoms with Crippen molar-refractivity contribution in [2.75, 3.05) is 13.6 Å². The first kappa shape index (κ1) is 14.5. The molecule has 1 aromatic carbocycles. The van der Waals surface area contributed by atoms with Crippen molar-refractivity contribution in [1.82, 2.24) is 5.32 Å². The maximum atomic E-state index is 6.04. The Morgan fingerprint density at radius 3 is 2.11 bits per heavy atom. The maximum absolute atomic E-state index is 6.04. The predicted molar refractivity (Wildman–Crippen MR) is 82.3 cm³/mol. The van der Waals surface area contributed by atoms with Gasteiger partial charge in [-0.1, -0.05) is 51.5 Å². The number of benzene rings is 1. The van der Waals surface area contributed by atoms with Crippen LogP contribution in [0, 0.1) is 5.41 Å². The highest BCUT2D eigenvalue weighted by atomic mass is 14.9. The fourth-order valence-electron chi connectivity index (χ4n) is 3.24. The van der Waals surface area contributed by atoms with Crippen molar-refractivity contribution in [2.24, 2.45) is 11.1 Å². The Morgan fingerprint density at radius 2 is 1.79 bits per heavy atom. The van der Waals surface area contributed by atoms with Crippen molar-refractivity contribution in [3.05, 3.63) is 35.4 Å². The number of hydrogen-bond donors (Lipinski definition) is 2. The molecule has 0 bridgehead atoms. The highest BCUT2D eigenvalue weighted by Gasteiger charge is 2.42. The van der Waals surface area contributed by atoms with Crippen LogP contribution in [-0.2, 0) is 5.41 Å². The van der Waals surface area contributed by atoms with Crippen LogP contribution >= 0.6 is 0 Å². The van der Waals surface area contributed by atoms with Crippen LogP contribution in [0.3, 0.4) is 0 Å². The minimum absolute atomic E-state index is 0.218. The third kappa shape index (κ3) is 2.70. The summed E-state index contributed by atoms with van der Waals surface area (Å²) in [5, 5.41) is 3.49. The van der Waals surface area contributed by atoms with E-state index in [9.17, 15) is 0 Å². The predicted octanol–water partition coefficient (Wildman–Crippen LogP) is 3.37. The van der Waals surface area contributed by atoms with Gasteiger partial charge in [0.2, 0.25) is 0 Å². The van der Waals surface area contributed by atoms with Crippen LogP contribution in [0.5, 0.6) is 0 Å². The quantitative estimate of drug-likeness (QED) is 0.871. The van der Waals surface area contributed by atoms with Gasteiger partial charge in [-0.15, -0.1) is 0 Å². The number of rotatable bonds is 4. The minimum Gasteiger partial charge on any atom is -0.330 e. The highest BCUT2D eigenvalue weighted by molar-refractivity contribution is 5.31. The summed E-state index contributed by atoms with van der Waals surface area (Å²) in [6.07, 6.45) is 3.81. The standard InChI is InChI=1S/C17H28N2/c1-16(2,3)14-8-6-13(7-9-14)15(19-4)17(12-18)10-5-11-17/h6-9,15,19H,5,10-12,18H2,1-4H3. The van der Waals surface area contributed by atoms with Crippen molar-refractivity contribution in [2.45, 2.75) is 51.5 Å². The lowest BCUT2D eigenvalue weighted by Crippen LogP contribution is -2.47. The normalized spacial score (nSPS) is 19.8. The molecule has 0 heterocycles. The van der Waals surface area contributed by atoms with Gasteiger partial charge in [0.15, 0.2) is 0 Å². The van der Waals surface area contributed by atoms with E-state index in [1.54, 1.807) is 0 Å². The summed E-state index contributed by atoms with van der Waals surface area (Å²) in [5.74, 6) is 0. The molecule has 2 heteroatoms. The molecule has 0 amide bonds. The molecule has 0 radical (unpaired) electrons. The molecule has 0 saturated heterocycles. The first-order chi connectivity index (χ1) is 8.93. The number of nitrogens with one attached hydrogen (secondary N) is 1. The molecule has 1 atom stereocenters. The van der Waals surface area contributed by atoms with Gasteiger partial charge in [0.1, 0.15) is 0 Å². The molecule has 19 heavy (non-hydrogen) atoms. The van der Waals surface area contributed by atoms with E-state index in [0.717, 1.165) is 6.54 Å². The third-order valence-electron chi connectivity index (χ3n) is 4.77. The fourth-order valence-corrected chi connectivity index (χ4v) is 3.24. The Bertz CT molecular complexity index is 404. The molecule has 3 N–H and O–H groups in total. The van der Waals surface area contributed by atoms with Crippen molar-refractivity contribution in [3.63, 3.8) is 0 Å². The summed E-state index contributed by atoms with van der Waals surface area (Å²) in [7, 11) is 2.05. The summed E-state index contributed by atoms with van der Waals surface area (Å²) in [5.41, 5.74) is 9.30. The van der Waals surface area contributed by atoms with Crippen LogP contribution in [0.2, 0.25) is 0 Å². The molecule has 1 aromatic rings.